The summed E-state index contributed by atoms with van der Waals surface area (Å²) in [4.78, 5) is 23.6. The molecule has 0 saturated carbocycles. The molecule has 0 unspecified atom stereocenters. The first kappa shape index (κ1) is 22.9. The monoisotopic (exact) mass is 452 g/mol. The van der Waals surface area contributed by atoms with Crippen LogP contribution in [-0.2, 0) is 11.2 Å². The quantitative estimate of drug-likeness (QED) is 0.534. The van der Waals surface area contributed by atoms with Crippen LogP contribution in [0.1, 0.15) is 25.3 Å². The predicted octanol–water partition coefficient (Wildman–Crippen LogP) is 3.67. The fourth-order valence-electron chi connectivity index (χ4n) is 5.19. The number of hydrogen-bond acceptors (Lipinski definition) is 5. The minimum atomic E-state index is -2.38. The Morgan fingerprint density at radius 3 is 2.47 bits per heavy atom. The molecule has 1 saturated heterocycles. The molecule has 0 spiro atoms. The van der Waals surface area contributed by atoms with Gasteiger partial charge in [0.05, 0.1) is 29.5 Å². The van der Waals surface area contributed by atoms with Crippen LogP contribution < -0.4 is 5.56 Å². The minimum Gasteiger partial charge on any atom is -0.432 e. The van der Waals surface area contributed by atoms with E-state index in [4.69, 9.17) is 4.74 Å². The van der Waals surface area contributed by atoms with Crippen molar-refractivity contribution in [1.29, 1.82) is 0 Å². The summed E-state index contributed by atoms with van der Waals surface area (Å²) in [7, 11) is -2.38. The van der Waals surface area contributed by atoms with Crippen LogP contribution in [0.5, 0.6) is 0 Å². The highest BCUT2D eigenvalue weighted by molar-refractivity contribution is 6.71. The van der Waals surface area contributed by atoms with Gasteiger partial charge in [-0.3, -0.25) is 4.79 Å². The smallest absolute Gasteiger partial charge is 0.279 e. The van der Waals surface area contributed by atoms with Gasteiger partial charge in [0.1, 0.15) is 0 Å². The fourth-order valence-corrected chi connectivity index (χ4v) is 7.85. The molecular formula is C25H32N2O4Si. The molecule has 0 bridgehead atoms. The molecule has 2 heterocycles. The van der Waals surface area contributed by atoms with Crippen molar-refractivity contribution >= 4 is 19.1 Å². The van der Waals surface area contributed by atoms with Crippen LogP contribution in [0.3, 0.4) is 0 Å². The molecule has 0 amide bonds. The van der Waals surface area contributed by atoms with Crippen molar-refractivity contribution in [2.24, 2.45) is 5.92 Å². The molecule has 1 fully saturated rings. The summed E-state index contributed by atoms with van der Waals surface area (Å²) in [5.74, 6) is 0.262. The van der Waals surface area contributed by atoms with E-state index in [0.717, 1.165) is 23.9 Å². The van der Waals surface area contributed by atoms with E-state index in [1.165, 1.54) is 10.2 Å². The summed E-state index contributed by atoms with van der Waals surface area (Å²) in [6.07, 6.45) is 4.00. The first-order chi connectivity index (χ1) is 15.3. The van der Waals surface area contributed by atoms with E-state index in [1.54, 1.807) is 6.20 Å². The maximum Gasteiger partial charge on any atom is 0.279 e. The summed E-state index contributed by atoms with van der Waals surface area (Å²) in [5.41, 5.74) is 1.92. The van der Waals surface area contributed by atoms with Crippen molar-refractivity contribution in [3.63, 3.8) is 0 Å². The molecule has 2 N–H and O–H groups in total. The van der Waals surface area contributed by atoms with Crippen LogP contribution in [0, 0.1) is 5.92 Å². The van der Waals surface area contributed by atoms with Gasteiger partial charge in [-0.15, -0.1) is 0 Å². The van der Waals surface area contributed by atoms with E-state index in [1.807, 2.05) is 61.6 Å². The van der Waals surface area contributed by atoms with Crippen LogP contribution in [0.4, 0.5) is 0 Å². The van der Waals surface area contributed by atoms with Gasteiger partial charge in [-0.1, -0.05) is 37.3 Å². The molecule has 32 heavy (non-hydrogen) atoms. The number of ether oxygens (including phenoxy) is 1. The van der Waals surface area contributed by atoms with Crippen LogP contribution in [0.15, 0.2) is 59.5 Å². The standard InChI is InChI=1S/C25H32N2O4Si/c1-17-22(31-23(14-15-28)24(17)32(2,3)30)13-10-18-8-11-20(12-9-18)27-25(29)21-7-5-4-6-19(21)16-26-27/h4-9,11-12,16-17,22-24,28,30H,10,13-15H2,1-3H3/t17-,22+,23-,24+/m1/s1. The largest absolute Gasteiger partial charge is 0.432 e. The van der Waals surface area contributed by atoms with Gasteiger partial charge in [-0.25, -0.2) is 0 Å². The second kappa shape index (κ2) is 9.27. The van der Waals surface area contributed by atoms with Gasteiger partial charge in [0.2, 0.25) is 0 Å². The molecule has 0 radical (unpaired) electrons. The number of nitrogens with zero attached hydrogens (tertiary/aromatic N) is 2. The van der Waals surface area contributed by atoms with Gasteiger partial charge in [-0.2, -0.15) is 9.78 Å². The van der Waals surface area contributed by atoms with Crippen LogP contribution in [0.25, 0.3) is 16.5 Å². The maximum absolute atomic E-state index is 12.8. The van der Waals surface area contributed by atoms with Gasteiger partial charge in [0, 0.05) is 17.5 Å². The summed E-state index contributed by atoms with van der Waals surface area (Å²) in [6, 6.07) is 15.4. The van der Waals surface area contributed by atoms with Gasteiger partial charge >= 0.3 is 0 Å². The fraction of sp³-hybridized carbons (Fsp3) is 0.440. The number of benzene rings is 2. The highest BCUT2D eigenvalue weighted by atomic mass is 28.4. The third-order valence-electron chi connectivity index (χ3n) is 6.73. The average molecular weight is 453 g/mol. The highest BCUT2D eigenvalue weighted by Crippen LogP contribution is 2.45. The molecular weight excluding hydrogens is 420 g/mol. The SMILES string of the molecule is C[C@H]1[C@H]([Si](C)(C)O)[C@@H](CCO)O[C@H]1CCc1ccc(-n2ncc3ccccc3c2=O)cc1. The molecule has 1 aliphatic rings. The van der Waals surface area contributed by atoms with E-state index in [9.17, 15) is 14.7 Å². The molecule has 2 aromatic carbocycles. The lowest BCUT2D eigenvalue weighted by Crippen LogP contribution is -2.40. The van der Waals surface area contributed by atoms with Crippen molar-refractivity contribution in [2.45, 2.75) is 57.0 Å². The Hall–Kier alpha value is -2.32. The predicted molar refractivity (Wildman–Crippen MR) is 129 cm³/mol. The molecule has 3 aromatic rings. The number of aliphatic hydroxyl groups is 1. The first-order valence-corrected chi connectivity index (χ1v) is 14.4. The Bertz CT molecular complexity index is 1120. The molecule has 6 nitrogen and oxygen atoms in total. The zero-order valence-corrected chi connectivity index (χ0v) is 19.9. The Kier molecular flexibility index (Phi) is 6.62. The second-order valence-electron chi connectivity index (χ2n) is 9.42. The van der Waals surface area contributed by atoms with Crippen molar-refractivity contribution < 1.29 is 14.6 Å². The number of rotatable bonds is 7. The third-order valence-corrected chi connectivity index (χ3v) is 9.26. The molecule has 4 rings (SSSR count). The Balaban J connectivity index is 1.46. The lowest BCUT2D eigenvalue weighted by Gasteiger charge is -2.30. The zero-order chi connectivity index (χ0) is 22.9. The highest BCUT2D eigenvalue weighted by Gasteiger charge is 2.49. The number of aromatic nitrogens is 2. The van der Waals surface area contributed by atoms with Crippen molar-refractivity contribution in [1.82, 2.24) is 9.78 Å². The summed E-state index contributed by atoms with van der Waals surface area (Å²) in [6.45, 7) is 6.17. The first-order valence-electron chi connectivity index (χ1n) is 11.3. The lowest BCUT2D eigenvalue weighted by atomic mass is 9.95. The minimum absolute atomic E-state index is 0.0694. The Morgan fingerprint density at radius 1 is 1.06 bits per heavy atom. The van der Waals surface area contributed by atoms with Gasteiger partial charge < -0.3 is 14.6 Å². The van der Waals surface area contributed by atoms with Crippen LogP contribution >= 0.6 is 0 Å². The van der Waals surface area contributed by atoms with E-state index in [2.05, 4.69) is 12.0 Å². The van der Waals surface area contributed by atoms with Crippen molar-refractivity contribution in [3.8, 4) is 5.69 Å². The molecule has 1 aliphatic heterocycles. The molecule has 0 aliphatic carbocycles. The Labute approximate surface area is 189 Å². The normalized spacial score (nSPS) is 23.7. The third kappa shape index (κ3) is 4.57. The van der Waals surface area contributed by atoms with Crippen molar-refractivity contribution in [2.75, 3.05) is 6.61 Å². The zero-order valence-electron chi connectivity index (χ0n) is 18.9. The number of hydrogen-bond donors (Lipinski definition) is 2. The number of aryl methyl sites for hydroxylation is 1. The summed E-state index contributed by atoms with van der Waals surface area (Å²) >= 11 is 0. The number of aliphatic hydroxyl groups excluding tert-OH is 1. The van der Waals surface area contributed by atoms with E-state index in [0.29, 0.717) is 11.8 Å². The van der Waals surface area contributed by atoms with E-state index < -0.39 is 8.32 Å². The van der Waals surface area contributed by atoms with Gasteiger partial charge in [-0.05, 0) is 62.0 Å². The topological polar surface area (TPSA) is 84.6 Å². The van der Waals surface area contributed by atoms with Crippen molar-refractivity contribution in [3.05, 3.63) is 70.6 Å². The molecule has 4 atom stereocenters. The molecule has 1 aromatic heterocycles. The van der Waals surface area contributed by atoms with E-state index in [-0.39, 0.29) is 35.8 Å². The van der Waals surface area contributed by atoms with Gasteiger partial charge in [0.25, 0.3) is 5.56 Å². The maximum atomic E-state index is 12.8. The van der Waals surface area contributed by atoms with Crippen LogP contribution in [-0.4, -0.2) is 46.8 Å². The second-order valence-corrected chi connectivity index (χ2v) is 13.4. The number of fused-ring (bicyclic) bond motifs is 1. The van der Waals surface area contributed by atoms with Gasteiger partial charge in [0.15, 0.2) is 8.32 Å². The van der Waals surface area contributed by atoms with E-state index >= 15 is 0 Å². The summed E-state index contributed by atoms with van der Waals surface area (Å²) < 4.78 is 7.72. The molecule has 7 heteroatoms. The lowest BCUT2D eigenvalue weighted by molar-refractivity contribution is 0.0192. The summed E-state index contributed by atoms with van der Waals surface area (Å²) in [5, 5.41) is 15.2. The van der Waals surface area contributed by atoms with Crippen LogP contribution in [0.2, 0.25) is 18.6 Å². The average Bonchev–Trinajstić information content (AvgIpc) is 3.09. The molecule has 170 valence electrons. The Morgan fingerprint density at radius 2 is 1.78 bits per heavy atom.